The van der Waals surface area contributed by atoms with Gasteiger partial charge in [-0.05, 0) is 32.4 Å². The Labute approximate surface area is 161 Å². The van der Waals surface area contributed by atoms with Crippen LogP contribution in [0.3, 0.4) is 0 Å². The Morgan fingerprint density at radius 3 is 2.48 bits per heavy atom. The fourth-order valence-corrected chi connectivity index (χ4v) is 3.97. The second kappa shape index (κ2) is 8.69. The van der Waals surface area contributed by atoms with E-state index >= 15 is 0 Å². The number of hydrogen-bond donors (Lipinski definition) is 0. The molecular formula is C20H30N4O3. The first-order valence-electron chi connectivity index (χ1n) is 9.73. The summed E-state index contributed by atoms with van der Waals surface area (Å²) in [4.78, 5) is 35.5. The lowest BCUT2D eigenvalue weighted by Crippen LogP contribution is -2.53. The molecule has 7 heteroatoms. The van der Waals surface area contributed by atoms with Crippen molar-refractivity contribution in [3.63, 3.8) is 0 Å². The number of aryl methyl sites for hydroxylation is 2. The molecule has 0 saturated carbocycles. The highest BCUT2D eigenvalue weighted by Crippen LogP contribution is 2.23. The third kappa shape index (κ3) is 4.77. The molecule has 1 aromatic rings. The molecule has 2 aliphatic rings. The van der Waals surface area contributed by atoms with Crippen LogP contribution in [0.1, 0.15) is 24.2 Å². The lowest BCUT2D eigenvalue weighted by atomic mass is 9.95. The van der Waals surface area contributed by atoms with E-state index in [4.69, 9.17) is 4.74 Å². The van der Waals surface area contributed by atoms with E-state index in [-0.39, 0.29) is 17.7 Å². The van der Waals surface area contributed by atoms with E-state index in [9.17, 15) is 9.59 Å². The molecule has 2 amide bonds. The summed E-state index contributed by atoms with van der Waals surface area (Å²) in [6.45, 7) is 8.71. The predicted molar refractivity (Wildman–Crippen MR) is 104 cm³/mol. The minimum Gasteiger partial charge on any atom is -0.383 e. The molecule has 2 saturated heterocycles. The molecular weight excluding hydrogens is 344 g/mol. The van der Waals surface area contributed by atoms with E-state index < -0.39 is 0 Å². The molecule has 2 aliphatic heterocycles. The zero-order chi connectivity index (χ0) is 19.4. The predicted octanol–water partition coefficient (Wildman–Crippen LogP) is 1.23. The van der Waals surface area contributed by atoms with Crippen LogP contribution in [0.5, 0.6) is 0 Å². The Morgan fingerprint density at radius 1 is 1.19 bits per heavy atom. The van der Waals surface area contributed by atoms with Gasteiger partial charge in [0.2, 0.25) is 11.8 Å². The van der Waals surface area contributed by atoms with Gasteiger partial charge in [-0.2, -0.15) is 0 Å². The fourth-order valence-electron chi connectivity index (χ4n) is 3.97. The lowest BCUT2D eigenvalue weighted by molar-refractivity contribution is -0.143. The topological polar surface area (TPSA) is 66.0 Å². The highest BCUT2D eigenvalue weighted by Gasteiger charge is 2.33. The smallest absolute Gasteiger partial charge is 0.227 e. The number of methoxy groups -OCH3 is 1. The summed E-state index contributed by atoms with van der Waals surface area (Å²) < 4.78 is 5.08. The number of aromatic nitrogens is 1. The van der Waals surface area contributed by atoms with Crippen LogP contribution in [0.2, 0.25) is 0 Å². The first-order chi connectivity index (χ1) is 13.0. The highest BCUT2D eigenvalue weighted by molar-refractivity contribution is 5.84. The molecule has 0 spiro atoms. The summed E-state index contributed by atoms with van der Waals surface area (Å²) in [7, 11) is 1.63. The molecule has 3 rings (SSSR count). The van der Waals surface area contributed by atoms with E-state index in [2.05, 4.69) is 22.0 Å². The van der Waals surface area contributed by atoms with Crippen molar-refractivity contribution in [2.24, 2.45) is 5.92 Å². The molecule has 7 nitrogen and oxygen atoms in total. The molecule has 0 bridgehead atoms. The molecule has 0 aliphatic carbocycles. The third-order valence-corrected chi connectivity index (χ3v) is 5.44. The number of carbonyl (C=O) groups excluding carboxylic acids is 2. The molecule has 1 atom stereocenters. The largest absolute Gasteiger partial charge is 0.383 e. The van der Waals surface area contributed by atoms with Crippen molar-refractivity contribution in [1.29, 1.82) is 0 Å². The maximum absolute atomic E-state index is 13.0. The van der Waals surface area contributed by atoms with Gasteiger partial charge in [0.25, 0.3) is 0 Å². The van der Waals surface area contributed by atoms with Crippen molar-refractivity contribution < 1.29 is 14.3 Å². The summed E-state index contributed by atoms with van der Waals surface area (Å²) in [5, 5.41) is 0. The summed E-state index contributed by atoms with van der Waals surface area (Å²) in [5.41, 5.74) is 3.22. The normalized spacial score (nSPS) is 20.9. The molecule has 2 fully saturated rings. The number of likely N-dealkylation sites (tertiary alicyclic amines) is 1. The minimum atomic E-state index is -0.0866. The monoisotopic (exact) mass is 374 g/mol. The zero-order valence-electron chi connectivity index (χ0n) is 16.6. The van der Waals surface area contributed by atoms with Crippen LogP contribution in [-0.4, -0.2) is 79.6 Å². The third-order valence-electron chi connectivity index (χ3n) is 5.44. The van der Waals surface area contributed by atoms with E-state index in [1.165, 1.54) is 5.69 Å². The van der Waals surface area contributed by atoms with Gasteiger partial charge >= 0.3 is 0 Å². The second-order valence-electron chi connectivity index (χ2n) is 7.49. The Balaban J connectivity index is 1.55. The van der Waals surface area contributed by atoms with E-state index in [0.717, 1.165) is 37.6 Å². The van der Waals surface area contributed by atoms with Gasteiger partial charge in [0, 0.05) is 69.9 Å². The van der Waals surface area contributed by atoms with Crippen LogP contribution in [-0.2, 0) is 14.3 Å². The minimum absolute atomic E-state index is 0.0866. The average Bonchev–Trinajstić information content (AvgIpc) is 2.66. The van der Waals surface area contributed by atoms with E-state index in [0.29, 0.717) is 32.5 Å². The van der Waals surface area contributed by atoms with Crippen molar-refractivity contribution in [2.45, 2.75) is 26.7 Å². The van der Waals surface area contributed by atoms with Crippen LogP contribution in [0, 0.1) is 19.8 Å². The van der Waals surface area contributed by atoms with Gasteiger partial charge in [0.05, 0.1) is 12.5 Å². The number of rotatable bonds is 5. The van der Waals surface area contributed by atoms with Gasteiger partial charge in [-0.1, -0.05) is 0 Å². The van der Waals surface area contributed by atoms with Crippen molar-refractivity contribution in [1.82, 2.24) is 14.8 Å². The quantitative estimate of drug-likeness (QED) is 0.776. The molecule has 3 heterocycles. The summed E-state index contributed by atoms with van der Waals surface area (Å²) in [5.74, 6) is 0.229. The van der Waals surface area contributed by atoms with Crippen molar-refractivity contribution in [2.75, 3.05) is 57.9 Å². The fraction of sp³-hybridized carbons (Fsp3) is 0.650. The molecule has 148 valence electrons. The van der Waals surface area contributed by atoms with Crippen LogP contribution in [0.15, 0.2) is 12.1 Å². The van der Waals surface area contributed by atoms with Crippen molar-refractivity contribution >= 4 is 17.5 Å². The van der Waals surface area contributed by atoms with Crippen molar-refractivity contribution in [3.8, 4) is 0 Å². The number of anilines is 1. The first-order valence-corrected chi connectivity index (χ1v) is 9.73. The molecule has 1 aromatic heterocycles. The van der Waals surface area contributed by atoms with E-state index in [1.54, 1.807) is 12.0 Å². The van der Waals surface area contributed by atoms with Crippen LogP contribution in [0.25, 0.3) is 0 Å². The van der Waals surface area contributed by atoms with Gasteiger partial charge in [-0.15, -0.1) is 0 Å². The van der Waals surface area contributed by atoms with Gasteiger partial charge < -0.3 is 19.4 Å². The van der Waals surface area contributed by atoms with Crippen LogP contribution >= 0.6 is 0 Å². The van der Waals surface area contributed by atoms with Gasteiger partial charge in [0.15, 0.2) is 0 Å². The van der Waals surface area contributed by atoms with Gasteiger partial charge in [0.1, 0.15) is 0 Å². The zero-order valence-corrected chi connectivity index (χ0v) is 16.6. The Morgan fingerprint density at radius 2 is 1.85 bits per heavy atom. The summed E-state index contributed by atoms with van der Waals surface area (Å²) in [6.07, 6.45) is 1.11. The average molecular weight is 374 g/mol. The number of piperidine rings is 1. The van der Waals surface area contributed by atoms with E-state index in [1.807, 2.05) is 18.7 Å². The van der Waals surface area contributed by atoms with Gasteiger partial charge in [-0.3, -0.25) is 14.6 Å². The molecule has 0 unspecified atom stereocenters. The van der Waals surface area contributed by atoms with Gasteiger partial charge in [-0.25, -0.2) is 0 Å². The lowest BCUT2D eigenvalue weighted by Gasteiger charge is -2.39. The number of amides is 2. The summed E-state index contributed by atoms with van der Waals surface area (Å²) >= 11 is 0. The molecule has 27 heavy (non-hydrogen) atoms. The number of carbonyl (C=O) groups is 2. The maximum atomic E-state index is 13.0. The van der Waals surface area contributed by atoms with Crippen molar-refractivity contribution in [3.05, 3.63) is 23.5 Å². The number of pyridine rings is 1. The highest BCUT2D eigenvalue weighted by atomic mass is 16.5. The molecule has 0 N–H and O–H groups in total. The van der Waals surface area contributed by atoms with Crippen LogP contribution in [0.4, 0.5) is 5.69 Å². The van der Waals surface area contributed by atoms with Crippen LogP contribution < -0.4 is 4.90 Å². The number of ether oxygens (including phenoxy) is 1. The maximum Gasteiger partial charge on any atom is 0.227 e. The summed E-state index contributed by atoms with van der Waals surface area (Å²) in [6, 6.07) is 4.20. The standard InChI is InChI=1S/C20H30N4O3/c1-15-12-18(13-16(2)21-15)22-6-8-23(9-7-22)20(26)17-4-5-19(25)24(14-17)10-11-27-3/h12-13,17H,4-11,14H2,1-3H3/t17-/m0/s1. The molecule has 0 radical (unpaired) electrons. The Bertz CT molecular complexity index is 666. The SMILES string of the molecule is COCCN1C[C@@H](C(=O)N2CCN(c3cc(C)nc(C)c3)CC2)CCC1=O. The number of piperazine rings is 1. The molecule has 0 aromatic carbocycles. The first kappa shape index (κ1) is 19.6. The number of nitrogens with zero attached hydrogens (tertiary/aromatic N) is 4. The second-order valence-corrected chi connectivity index (χ2v) is 7.49. The number of hydrogen-bond acceptors (Lipinski definition) is 5. The Kier molecular flexibility index (Phi) is 6.31. The Hall–Kier alpha value is -2.15.